The summed E-state index contributed by atoms with van der Waals surface area (Å²) >= 11 is 1.93. The standard InChI is InChI=1S/C22H29N3O2S/c1-23-22(24-12-10-18-8-9-19(27-2)14-21(18)26)25-13-11-17(15-25)16-28-20-6-4-3-5-7-20/h3-9,14,17,26H,10-13,15-16H2,1-2H3,(H,23,24). The van der Waals surface area contributed by atoms with Gasteiger partial charge in [0.1, 0.15) is 11.5 Å². The number of methoxy groups -OCH3 is 1. The van der Waals surface area contributed by atoms with Gasteiger partial charge >= 0.3 is 0 Å². The fraction of sp³-hybridized carbons (Fsp3) is 0.409. The first kappa shape index (κ1) is 20.4. The predicted octanol–water partition coefficient (Wildman–Crippen LogP) is 3.63. The highest BCUT2D eigenvalue weighted by atomic mass is 32.2. The topological polar surface area (TPSA) is 57.1 Å². The van der Waals surface area contributed by atoms with Crippen LogP contribution in [0.2, 0.25) is 0 Å². The van der Waals surface area contributed by atoms with Gasteiger partial charge in [-0.25, -0.2) is 0 Å². The molecule has 6 heteroatoms. The number of aromatic hydroxyl groups is 1. The van der Waals surface area contributed by atoms with Crippen LogP contribution in [-0.2, 0) is 6.42 Å². The summed E-state index contributed by atoms with van der Waals surface area (Å²) in [5.74, 6) is 3.70. The lowest BCUT2D eigenvalue weighted by Crippen LogP contribution is -2.41. The molecule has 5 nitrogen and oxygen atoms in total. The molecule has 3 rings (SSSR count). The maximum absolute atomic E-state index is 10.1. The van der Waals surface area contributed by atoms with Crippen LogP contribution >= 0.6 is 11.8 Å². The summed E-state index contributed by atoms with van der Waals surface area (Å²) in [5, 5.41) is 13.5. The minimum Gasteiger partial charge on any atom is -0.508 e. The molecule has 2 N–H and O–H groups in total. The number of nitrogens with zero attached hydrogens (tertiary/aromatic N) is 2. The molecule has 1 aliphatic rings. The van der Waals surface area contributed by atoms with Crippen molar-refractivity contribution < 1.29 is 9.84 Å². The summed E-state index contributed by atoms with van der Waals surface area (Å²) in [6, 6.07) is 16.0. The third kappa shape index (κ3) is 5.58. The second kappa shape index (κ2) is 10.3. The van der Waals surface area contributed by atoms with Crippen molar-refractivity contribution in [2.24, 2.45) is 10.9 Å². The maximum Gasteiger partial charge on any atom is 0.193 e. The number of hydrogen-bond donors (Lipinski definition) is 2. The summed E-state index contributed by atoms with van der Waals surface area (Å²) in [6.45, 7) is 2.80. The first-order valence-electron chi connectivity index (χ1n) is 9.69. The van der Waals surface area contributed by atoms with Gasteiger partial charge in [-0.05, 0) is 42.5 Å². The third-order valence-electron chi connectivity index (χ3n) is 5.00. The number of likely N-dealkylation sites (tertiary alicyclic amines) is 1. The van der Waals surface area contributed by atoms with E-state index in [9.17, 15) is 5.11 Å². The molecular formula is C22H29N3O2S. The number of phenols is 1. The Kier molecular flexibility index (Phi) is 7.48. The zero-order chi connectivity index (χ0) is 19.8. The second-order valence-corrected chi connectivity index (χ2v) is 8.04. The summed E-state index contributed by atoms with van der Waals surface area (Å²) in [7, 11) is 3.43. The molecule has 2 aromatic carbocycles. The van der Waals surface area contributed by atoms with E-state index in [1.807, 2.05) is 30.9 Å². The van der Waals surface area contributed by atoms with Crippen LogP contribution in [0.3, 0.4) is 0 Å². The summed E-state index contributed by atoms with van der Waals surface area (Å²) in [5.41, 5.74) is 0.905. The Morgan fingerprint density at radius 2 is 2.11 bits per heavy atom. The number of nitrogens with one attached hydrogen (secondary N) is 1. The van der Waals surface area contributed by atoms with Gasteiger partial charge < -0.3 is 20.1 Å². The van der Waals surface area contributed by atoms with Crippen LogP contribution in [0.15, 0.2) is 58.4 Å². The van der Waals surface area contributed by atoms with Gasteiger partial charge in [0.05, 0.1) is 7.11 Å². The Bertz CT molecular complexity index is 783. The highest BCUT2D eigenvalue weighted by Crippen LogP contribution is 2.26. The fourth-order valence-corrected chi connectivity index (χ4v) is 4.46. The van der Waals surface area contributed by atoms with E-state index >= 15 is 0 Å². The van der Waals surface area contributed by atoms with E-state index in [1.165, 1.54) is 11.3 Å². The van der Waals surface area contributed by atoms with Gasteiger partial charge in [-0.15, -0.1) is 11.8 Å². The van der Waals surface area contributed by atoms with E-state index in [1.54, 1.807) is 13.2 Å². The second-order valence-electron chi connectivity index (χ2n) is 6.94. The fourth-order valence-electron chi connectivity index (χ4n) is 3.42. The SMILES string of the molecule is CN=C(NCCc1ccc(OC)cc1O)N1CCC(CSc2ccccc2)C1. The molecule has 1 fully saturated rings. The normalized spacial score (nSPS) is 17.0. The number of hydrogen-bond acceptors (Lipinski definition) is 4. The molecular weight excluding hydrogens is 370 g/mol. The van der Waals surface area contributed by atoms with E-state index in [2.05, 4.69) is 45.5 Å². The van der Waals surface area contributed by atoms with Crippen LogP contribution < -0.4 is 10.1 Å². The zero-order valence-electron chi connectivity index (χ0n) is 16.6. The molecule has 1 unspecified atom stereocenters. The van der Waals surface area contributed by atoms with Crippen molar-refractivity contribution in [2.75, 3.05) is 39.5 Å². The van der Waals surface area contributed by atoms with Crippen molar-refractivity contribution in [1.82, 2.24) is 10.2 Å². The van der Waals surface area contributed by atoms with Crippen molar-refractivity contribution in [3.63, 3.8) is 0 Å². The van der Waals surface area contributed by atoms with Crippen LogP contribution in [-0.4, -0.2) is 55.5 Å². The quantitative estimate of drug-likeness (QED) is 0.423. The van der Waals surface area contributed by atoms with Crippen molar-refractivity contribution in [1.29, 1.82) is 0 Å². The van der Waals surface area contributed by atoms with E-state index < -0.39 is 0 Å². The Morgan fingerprint density at radius 1 is 1.29 bits per heavy atom. The predicted molar refractivity (Wildman–Crippen MR) is 117 cm³/mol. The average Bonchev–Trinajstić information content (AvgIpc) is 3.20. The molecule has 150 valence electrons. The molecule has 0 saturated carbocycles. The first-order valence-corrected chi connectivity index (χ1v) is 10.7. The maximum atomic E-state index is 10.1. The number of rotatable bonds is 7. The Morgan fingerprint density at radius 3 is 2.82 bits per heavy atom. The zero-order valence-corrected chi connectivity index (χ0v) is 17.4. The van der Waals surface area contributed by atoms with Gasteiger partial charge in [-0.3, -0.25) is 4.99 Å². The van der Waals surface area contributed by atoms with Gasteiger partial charge in [0.15, 0.2) is 5.96 Å². The minimum atomic E-state index is 0.273. The van der Waals surface area contributed by atoms with Crippen LogP contribution in [0.4, 0.5) is 0 Å². The van der Waals surface area contributed by atoms with Crippen molar-refractivity contribution in [2.45, 2.75) is 17.7 Å². The number of thioether (sulfide) groups is 1. The first-order chi connectivity index (χ1) is 13.7. The lowest BCUT2D eigenvalue weighted by Gasteiger charge is -2.22. The molecule has 0 aromatic heterocycles. The molecule has 0 amide bonds. The number of benzene rings is 2. The van der Waals surface area contributed by atoms with Crippen molar-refractivity contribution in [3.8, 4) is 11.5 Å². The van der Waals surface area contributed by atoms with Crippen LogP contribution in [0, 0.1) is 5.92 Å². The van der Waals surface area contributed by atoms with Gasteiger partial charge in [0.25, 0.3) is 0 Å². The molecule has 1 heterocycles. The molecule has 0 aliphatic carbocycles. The monoisotopic (exact) mass is 399 g/mol. The Labute approximate surface area is 171 Å². The van der Waals surface area contributed by atoms with Crippen LogP contribution in [0.25, 0.3) is 0 Å². The van der Waals surface area contributed by atoms with E-state index in [0.29, 0.717) is 11.7 Å². The number of phenolic OH excluding ortho intramolecular Hbond substituents is 1. The van der Waals surface area contributed by atoms with E-state index in [0.717, 1.165) is 43.3 Å². The van der Waals surface area contributed by atoms with Gasteiger partial charge in [-0.2, -0.15) is 0 Å². The molecule has 0 bridgehead atoms. The summed E-state index contributed by atoms with van der Waals surface area (Å²) < 4.78 is 5.13. The van der Waals surface area contributed by atoms with Gasteiger partial charge in [0.2, 0.25) is 0 Å². The lowest BCUT2D eigenvalue weighted by atomic mass is 10.1. The van der Waals surface area contributed by atoms with Crippen molar-refractivity contribution >= 4 is 17.7 Å². The molecule has 2 aromatic rings. The number of ether oxygens (including phenoxy) is 1. The number of guanidine groups is 1. The molecule has 28 heavy (non-hydrogen) atoms. The third-order valence-corrected chi connectivity index (χ3v) is 6.24. The highest BCUT2D eigenvalue weighted by molar-refractivity contribution is 7.99. The van der Waals surface area contributed by atoms with Crippen molar-refractivity contribution in [3.05, 3.63) is 54.1 Å². The van der Waals surface area contributed by atoms with E-state index in [4.69, 9.17) is 4.74 Å². The molecule has 1 aliphatic heterocycles. The van der Waals surface area contributed by atoms with Crippen LogP contribution in [0.5, 0.6) is 11.5 Å². The van der Waals surface area contributed by atoms with Gasteiger partial charge in [-0.1, -0.05) is 24.3 Å². The molecule has 1 atom stereocenters. The largest absolute Gasteiger partial charge is 0.508 e. The summed E-state index contributed by atoms with van der Waals surface area (Å²) in [4.78, 5) is 8.12. The molecule has 1 saturated heterocycles. The Hall–Kier alpha value is -2.34. The Balaban J connectivity index is 1.44. The van der Waals surface area contributed by atoms with Gasteiger partial charge in [0, 0.05) is 43.4 Å². The highest BCUT2D eigenvalue weighted by Gasteiger charge is 2.24. The average molecular weight is 400 g/mol. The molecule has 0 radical (unpaired) electrons. The van der Waals surface area contributed by atoms with E-state index in [-0.39, 0.29) is 5.75 Å². The smallest absolute Gasteiger partial charge is 0.193 e. The number of aliphatic imine (C=N–C) groups is 1. The minimum absolute atomic E-state index is 0.273. The summed E-state index contributed by atoms with van der Waals surface area (Å²) in [6.07, 6.45) is 1.93. The lowest BCUT2D eigenvalue weighted by molar-refractivity contribution is 0.406. The van der Waals surface area contributed by atoms with Crippen LogP contribution in [0.1, 0.15) is 12.0 Å². The molecule has 0 spiro atoms.